The molecule has 22 heavy (non-hydrogen) atoms. The molecule has 2 N–H and O–H groups in total. The fourth-order valence-corrected chi connectivity index (χ4v) is 1.92. The van der Waals surface area contributed by atoms with Crippen LogP contribution in [-0.4, -0.2) is 12.1 Å². The average Bonchev–Trinajstić information content (AvgIpc) is 2.54. The van der Waals surface area contributed by atoms with Gasteiger partial charge in [-0.3, -0.25) is 0 Å². The molecule has 0 radical (unpaired) electrons. The van der Waals surface area contributed by atoms with Crippen LogP contribution in [0.3, 0.4) is 0 Å². The van der Waals surface area contributed by atoms with Crippen LogP contribution in [-0.2, 0) is 6.54 Å². The number of hydrogen-bond donors (Lipinski definition) is 2. The second-order valence-electron chi connectivity index (χ2n) is 5.16. The minimum atomic E-state index is -0.232. The van der Waals surface area contributed by atoms with E-state index in [9.17, 15) is 4.79 Å². The molecule has 0 aliphatic carbocycles. The largest absolute Gasteiger partial charge is 0.491 e. The van der Waals surface area contributed by atoms with Gasteiger partial charge in [0.05, 0.1) is 6.10 Å². The van der Waals surface area contributed by atoms with Gasteiger partial charge in [-0.05, 0) is 31.0 Å². The summed E-state index contributed by atoms with van der Waals surface area (Å²) >= 11 is 0. The lowest BCUT2D eigenvalue weighted by Crippen LogP contribution is -2.28. The highest BCUT2D eigenvalue weighted by Gasteiger charge is 2.05. The zero-order chi connectivity index (χ0) is 15.8. The maximum atomic E-state index is 11.9. The van der Waals surface area contributed by atoms with Crippen molar-refractivity contribution < 1.29 is 9.53 Å². The highest BCUT2D eigenvalue weighted by molar-refractivity contribution is 5.89. The van der Waals surface area contributed by atoms with E-state index >= 15 is 0 Å². The van der Waals surface area contributed by atoms with Crippen LogP contribution >= 0.6 is 0 Å². The van der Waals surface area contributed by atoms with E-state index in [1.54, 1.807) is 0 Å². The third-order valence-corrected chi connectivity index (χ3v) is 3.30. The van der Waals surface area contributed by atoms with Crippen molar-refractivity contribution >= 4 is 11.7 Å². The van der Waals surface area contributed by atoms with Crippen molar-refractivity contribution in [3.05, 3.63) is 60.2 Å². The molecule has 1 unspecified atom stereocenters. The van der Waals surface area contributed by atoms with Crippen LogP contribution in [0.4, 0.5) is 10.5 Å². The number of urea groups is 1. The lowest BCUT2D eigenvalue weighted by Gasteiger charge is -2.14. The molecule has 0 spiro atoms. The number of nitrogens with one attached hydrogen (secondary N) is 2. The molecule has 0 bridgehead atoms. The zero-order valence-corrected chi connectivity index (χ0v) is 13.0. The number of hydrogen-bond acceptors (Lipinski definition) is 2. The van der Waals surface area contributed by atoms with Gasteiger partial charge in [-0.1, -0.05) is 43.3 Å². The molecule has 4 heteroatoms. The van der Waals surface area contributed by atoms with Gasteiger partial charge in [0.25, 0.3) is 0 Å². The maximum Gasteiger partial charge on any atom is 0.319 e. The zero-order valence-electron chi connectivity index (χ0n) is 13.0. The fourth-order valence-electron chi connectivity index (χ4n) is 1.92. The number of carbonyl (C=O) groups is 1. The summed E-state index contributed by atoms with van der Waals surface area (Å²) in [6.45, 7) is 4.59. The first-order valence-electron chi connectivity index (χ1n) is 7.53. The predicted molar refractivity (Wildman–Crippen MR) is 89.1 cm³/mol. The Morgan fingerprint density at radius 1 is 1.14 bits per heavy atom. The van der Waals surface area contributed by atoms with Gasteiger partial charge in [-0.15, -0.1) is 0 Å². The summed E-state index contributed by atoms with van der Waals surface area (Å²) in [4.78, 5) is 11.9. The molecule has 1 atom stereocenters. The van der Waals surface area contributed by atoms with Crippen molar-refractivity contribution in [3.63, 3.8) is 0 Å². The number of amides is 2. The number of anilines is 1. The van der Waals surface area contributed by atoms with Crippen molar-refractivity contribution in [2.45, 2.75) is 32.9 Å². The van der Waals surface area contributed by atoms with Gasteiger partial charge in [0.15, 0.2) is 0 Å². The van der Waals surface area contributed by atoms with E-state index in [0.29, 0.717) is 12.2 Å². The summed E-state index contributed by atoms with van der Waals surface area (Å²) < 4.78 is 5.74. The van der Waals surface area contributed by atoms with Gasteiger partial charge in [-0.25, -0.2) is 4.79 Å². The molecular formula is C18H22N2O2. The first-order chi connectivity index (χ1) is 10.7. The van der Waals surface area contributed by atoms with E-state index in [-0.39, 0.29) is 12.1 Å². The second-order valence-corrected chi connectivity index (χ2v) is 5.16. The molecule has 0 heterocycles. The summed E-state index contributed by atoms with van der Waals surface area (Å²) in [5, 5.41) is 5.64. The topological polar surface area (TPSA) is 50.4 Å². The molecule has 2 aromatic carbocycles. The highest BCUT2D eigenvalue weighted by atomic mass is 16.5. The molecule has 0 aromatic heterocycles. The number of rotatable bonds is 6. The molecule has 0 aliphatic rings. The van der Waals surface area contributed by atoms with E-state index in [1.165, 1.54) is 0 Å². The normalized spacial score (nSPS) is 11.5. The average molecular weight is 298 g/mol. The van der Waals surface area contributed by atoms with Crippen molar-refractivity contribution in [2.75, 3.05) is 5.32 Å². The van der Waals surface area contributed by atoms with Crippen molar-refractivity contribution in [1.29, 1.82) is 0 Å². The first kappa shape index (κ1) is 15.9. The minimum Gasteiger partial charge on any atom is -0.491 e. The van der Waals surface area contributed by atoms with Crippen LogP contribution in [0, 0.1) is 0 Å². The lowest BCUT2D eigenvalue weighted by atomic mass is 10.2. The smallest absolute Gasteiger partial charge is 0.319 e. The third-order valence-electron chi connectivity index (χ3n) is 3.30. The summed E-state index contributed by atoms with van der Waals surface area (Å²) in [6, 6.07) is 17.0. The molecular weight excluding hydrogens is 276 g/mol. The maximum absolute atomic E-state index is 11.9. The van der Waals surface area contributed by atoms with Crippen molar-refractivity contribution in [3.8, 4) is 5.75 Å². The van der Waals surface area contributed by atoms with Gasteiger partial charge in [-0.2, -0.15) is 0 Å². The molecule has 2 amide bonds. The Morgan fingerprint density at radius 3 is 2.64 bits per heavy atom. The Kier molecular flexibility index (Phi) is 5.83. The summed E-state index contributed by atoms with van der Waals surface area (Å²) in [5.74, 6) is 0.759. The quantitative estimate of drug-likeness (QED) is 0.840. The van der Waals surface area contributed by atoms with E-state index in [0.717, 1.165) is 17.7 Å². The second kappa shape index (κ2) is 8.08. The number of carbonyl (C=O) groups excluding carboxylic acids is 1. The van der Waals surface area contributed by atoms with Crippen molar-refractivity contribution in [2.24, 2.45) is 0 Å². The highest BCUT2D eigenvalue weighted by Crippen LogP contribution is 2.19. The molecule has 4 nitrogen and oxygen atoms in total. The summed E-state index contributed by atoms with van der Waals surface area (Å²) in [5.41, 5.74) is 1.78. The first-order valence-corrected chi connectivity index (χ1v) is 7.53. The van der Waals surface area contributed by atoms with Crippen LogP contribution in [0.15, 0.2) is 54.6 Å². The molecule has 116 valence electrons. The monoisotopic (exact) mass is 298 g/mol. The predicted octanol–water partition coefficient (Wildman–Crippen LogP) is 4.19. The van der Waals surface area contributed by atoms with Gasteiger partial charge in [0, 0.05) is 18.3 Å². The number of benzene rings is 2. The van der Waals surface area contributed by atoms with Gasteiger partial charge in [0.2, 0.25) is 0 Å². The van der Waals surface area contributed by atoms with Crippen LogP contribution in [0.1, 0.15) is 25.8 Å². The standard InChI is InChI=1S/C18H22N2O2/c1-3-14(2)22-17-11-7-10-16(12-17)20-18(21)19-13-15-8-5-4-6-9-15/h4-12,14H,3,13H2,1-2H3,(H2,19,20,21). The molecule has 0 saturated heterocycles. The SMILES string of the molecule is CCC(C)Oc1cccc(NC(=O)NCc2ccccc2)c1. The van der Waals surface area contributed by atoms with Crippen molar-refractivity contribution in [1.82, 2.24) is 5.32 Å². The van der Waals surface area contributed by atoms with E-state index in [4.69, 9.17) is 4.74 Å². The molecule has 0 fully saturated rings. The Hall–Kier alpha value is -2.49. The summed E-state index contributed by atoms with van der Waals surface area (Å²) in [7, 11) is 0. The van der Waals surface area contributed by atoms with Crippen LogP contribution in [0.5, 0.6) is 5.75 Å². The van der Waals surface area contributed by atoms with E-state index in [1.807, 2.05) is 61.5 Å². The Bertz CT molecular complexity index is 599. The Balaban J connectivity index is 1.87. The van der Waals surface area contributed by atoms with Crippen LogP contribution in [0.25, 0.3) is 0 Å². The lowest BCUT2D eigenvalue weighted by molar-refractivity contribution is 0.217. The molecule has 0 saturated carbocycles. The third kappa shape index (κ3) is 5.13. The molecule has 2 rings (SSSR count). The van der Waals surface area contributed by atoms with Gasteiger partial charge in [0.1, 0.15) is 5.75 Å². The Labute approximate surface area is 131 Å². The van der Waals surface area contributed by atoms with E-state index in [2.05, 4.69) is 17.6 Å². The minimum absolute atomic E-state index is 0.155. The van der Waals surface area contributed by atoms with Crippen LogP contribution in [0.2, 0.25) is 0 Å². The Morgan fingerprint density at radius 2 is 1.91 bits per heavy atom. The van der Waals surface area contributed by atoms with E-state index < -0.39 is 0 Å². The molecule has 0 aliphatic heterocycles. The number of ether oxygens (including phenoxy) is 1. The van der Waals surface area contributed by atoms with Gasteiger partial charge >= 0.3 is 6.03 Å². The summed E-state index contributed by atoms with van der Waals surface area (Å²) in [6.07, 6.45) is 1.09. The van der Waals surface area contributed by atoms with Gasteiger partial charge < -0.3 is 15.4 Å². The molecule has 2 aromatic rings. The van der Waals surface area contributed by atoms with Crippen LogP contribution < -0.4 is 15.4 Å². The fraction of sp³-hybridized carbons (Fsp3) is 0.278.